The summed E-state index contributed by atoms with van der Waals surface area (Å²) in [4.78, 5) is 18.1. The standard InChI is InChI=1S/C17H23N5/c1-13-5-4-8-18-16(13)12-22-10-7-15(11-22)21(3)17-19-9-6-14(2)20-17/h4-6,8-9,15H,7,10-12H2,1-3H3. The lowest BCUT2D eigenvalue weighted by Crippen LogP contribution is -2.35. The lowest BCUT2D eigenvalue weighted by molar-refractivity contribution is 0.321. The van der Waals surface area contributed by atoms with E-state index in [0.717, 1.165) is 37.7 Å². The number of hydrogen-bond acceptors (Lipinski definition) is 5. The Bertz CT molecular complexity index is 642. The molecule has 1 unspecified atom stereocenters. The van der Waals surface area contributed by atoms with E-state index in [0.29, 0.717) is 6.04 Å². The Labute approximate surface area is 132 Å². The van der Waals surface area contributed by atoms with Gasteiger partial charge in [0.05, 0.1) is 5.69 Å². The second kappa shape index (κ2) is 6.40. The molecular weight excluding hydrogens is 274 g/mol. The molecule has 0 aliphatic carbocycles. The average molecular weight is 297 g/mol. The zero-order valence-electron chi connectivity index (χ0n) is 13.5. The lowest BCUT2D eigenvalue weighted by atomic mass is 10.2. The minimum Gasteiger partial charge on any atom is -0.340 e. The van der Waals surface area contributed by atoms with Gasteiger partial charge in [-0.15, -0.1) is 0 Å². The predicted octanol–water partition coefficient (Wildman–Crippen LogP) is 2.20. The van der Waals surface area contributed by atoms with Gasteiger partial charge in [0.25, 0.3) is 0 Å². The Balaban J connectivity index is 1.64. The Morgan fingerprint density at radius 2 is 2.09 bits per heavy atom. The SMILES string of the molecule is Cc1ccnc(N(C)C2CCN(Cc3ncccc3C)C2)n1. The fraction of sp³-hybridized carbons (Fsp3) is 0.471. The average Bonchev–Trinajstić information content (AvgIpc) is 2.97. The molecule has 1 aliphatic heterocycles. The van der Waals surface area contributed by atoms with Gasteiger partial charge in [-0.3, -0.25) is 9.88 Å². The third-order valence-corrected chi connectivity index (χ3v) is 4.38. The van der Waals surface area contributed by atoms with Gasteiger partial charge in [-0.2, -0.15) is 0 Å². The molecule has 22 heavy (non-hydrogen) atoms. The Hall–Kier alpha value is -2.01. The van der Waals surface area contributed by atoms with Gasteiger partial charge < -0.3 is 4.90 Å². The van der Waals surface area contributed by atoms with Crippen molar-refractivity contribution in [3.05, 3.63) is 47.5 Å². The van der Waals surface area contributed by atoms with Crippen LogP contribution in [0.15, 0.2) is 30.6 Å². The molecule has 2 aromatic heterocycles. The van der Waals surface area contributed by atoms with Crippen LogP contribution in [0, 0.1) is 13.8 Å². The van der Waals surface area contributed by atoms with Gasteiger partial charge in [0.15, 0.2) is 0 Å². The maximum atomic E-state index is 4.52. The van der Waals surface area contributed by atoms with Crippen LogP contribution in [0.1, 0.15) is 23.4 Å². The van der Waals surface area contributed by atoms with Crippen molar-refractivity contribution in [1.82, 2.24) is 19.9 Å². The molecule has 0 N–H and O–H groups in total. The minimum absolute atomic E-state index is 0.464. The molecular formula is C17H23N5. The molecule has 1 saturated heterocycles. The van der Waals surface area contributed by atoms with Crippen molar-refractivity contribution >= 4 is 5.95 Å². The summed E-state index contributed by atoms with van der Waals surface area (Å²) in [6.07, 6.45) is 4.85. The molecule has 116 valence electrons. The molecule has 5 nitrogen and oxygen atoms in total. The highest BCUT2D eigenvalue weighted by atomic mass is 15.3. The number of likely N-dealkylation sites (N-methyl/N-ethyl adjacent to an activating group) is 1. The summed E-state index contributed by atoms with van der Waals surface area (Å²) < 4.78 is 0. The van der Waals surface area contributed by atoms with Crippen LogP contribution in [-0.4, -0.2) is 46.0 Å². The third kappa shape index (κ3) is 3.25. The first kappa shape index (κ1) is 14.9. The van der Waals surface area contributed by atoms with Gasteiger partial charge >= 0.3 is 0 Å². The highest BCUT2D eigenvalue weighted by Crippen LogP contribution is 2.20. The van der Waals surface area contributed by atoms with Gasteiger partial charge in [0.2, 0.25) is 5.95 Å². The summed E-state index contributed by atoms with van der Waals surface area (Å²) in [6.45, 7) is 7.18. The number of nitrogens with zero attached hydrogens (tertiary/aromatic N) is 5. The van der Waals surface area contributed by atoms with E-state index >= 15 is 0 Å². The van der Waals surface area contributed by atoms with Crippen molar-refractivity contribution in [1.29, 1.82) is 0 Å². The van der Waals surface area contributed by atoms with Gasteiger partial charge in [0, 0.05) is 50.8 Å². The van der Waals surface area contributed by atoms with Crippen LogP contribution < -0.4 is 4.90 Å². The van der Waals surface area contributed by atoms with Crippen molar-refractivity contribution in [3.8, 4) is 0 Å². The molecule has 2 aromatic rings. The summed E-state index contributed by atoms with van der Waals surface area (Å²) in [5.41, 5.74) is 3.45. The number of aromatic nitrogens is 3. The van der Waals surface area contributed by atoms with Crippen molar-refractivity contribution in [2.45, 2.75) is 32.9 Å². The maximum absolute atomic E-state index is 4.52. The number of pyridine rings is 1. The smallest absolute Gasteiger partial charge is 0.225 e. The molecule has 1 fully saturated rings. The van der Waals surface area contributed by atoms with Crippen LogP contribution in [0.2, 0.25) is 0 Å². The van der Waals surface area contributed by atoms with Crippen molar-refractivity contribution in [2.75, 3.05) is 25.0 Å². The largest absolute Gasteiger partial charge is 0.340 e. The summed E-state index contributed by atoms with van der Waals surface area (Å²) in [5.74, 6) is 0.820. The first-order valence-corrected chi connectivity index (χ1v) is 7.79. The van der Waals surface area contributed by atoms with Crippen LogP contribution in [0.4, 0.5) is 5.95 Å². The quantitative estimate of drug-likeness (QED) is 0.865. The van der Waals surface area contributed by atoms with Crippen LogP contribution in [0.3, 0.4) is 0 Å². The number of aryl methyl sites for hydroxylation is 2. The number of hydrogen-bond donors (Lipinski definition) is 0. The van der Waals surface area contributed by atoms with Crippen molar-refractivity contribution < 1.29 is 0 Å². The van der Waals surface area contributed by atoms with E-state index in [2.05, 4.69) is 44.8 Å². The molecule has 0 radical (unpaired) electrons. The number of anilines is 1. The van der Waals surface area contributed by atoms with Crippen molar-refractivity contribution in [2.24, 2.45) is 0 Å². The Kier molecular flexibility index (Phi) is 4.34. The zero-order valence-corrected chi connectivity index (χ0v) is 13.5. The van der Waals surface area contributed by atoms with E-state index in [1.54, 1.807) is 0 Å². The highest BCUT2D eigenvalue weighted by Gasteiger charge is 2.27. The molecule has 0 saturated carbocycles. The summed E-state index contributed by atoms with van der Waals surface area (Å²) in [5, 5.41) is 0. The van der Waals surface area contributed by atoms with E-state index in [1.807, 2.05) is 31.5 Å². The van der Waals surface area contributed by atoms with E-state index < -0.39 is 0 Å². The van der Waals surface area contributed by atoms with Gasteiger partial charge in [-0.05, 0) is 38.0 Å². The molecule has 1 atom stereocenters. The Morgan fingerprint density at radius 3 is 2.86 bits per heavy atom. The van der Waals surface area contributed by atoms with Gasteiger partial charge in [-0.25, -0.2) is 9.97 Å². The second-order valence-electron chi connectivity index (χ2n) is 6.05. The van der Waals surface area contributed by atoms with E-state index in [1.165, 1.54) is 11.3 Å². The van der Waals surface area contributed by atoms with Crippen LogP contribution in [-0.2, 0) is 6.54 Å². The molecule has 3 heterocycles. The summed E-state index contributed by atoms with van der Waals surface area (Å²) >= 11 is 0. The maximum Gasteiger partial charge on any atom is 0.225 e. The van der Waals surface area contributed by atoms with Crippen LogP contribution in [0.25, 0.3) is 0 Å². The van der Waals surface area contributed by atoms with E-state index in [-0.39, 0.29) is 0 Å². The molecule has 0 aromatic carbocycles. The third-order valence-electron chi connectivity index (χ3n) is 4.38. The zero-order chi connectivity index (χ0) is 15.5. The van der Waals surface area contributed by atoms with Gasteiger partial charge in [-0.1, -0.05) is 6.07 Å². The molecule has 5 heteroatoms. The van der Waals surface area contributed by atoms with Crippen molar-refractivity contribution in [3.63, 3.8) is 0 Å². The summed E-state index contributed by atoms with van der Waals surface area (Å²) in [6, 6.07) is 6.52. The second-order valence-corrected chi connectivity index (χ2v) is 6.05. The predicted molar refractivity (Wildman–Crippen MR) is 87.8 cm³/mol. The molecule has 0 bridgehead atoms. The molecule has 0 amide bonds. The van der Waals surface area contributed by atoms with E-state index in [4.69, 9.17) is 0 Å². The first-order chi connectivity index (χ1) is 10.6. The molecule has 1 aliphatic rings. The van der Waals surface area contributed by atoms with E-state index in [9.17, 15) is 0 Å². The van der Waals surface area contributed by atoms with Crippen LogP contribution >= 0.6 is 0 Å². The fourth-order valence-electron chi connectivity index (χ4n) is 2.94. The Morgan fingerprint density at radius 1 is 1.23 bits per heavy atom. The number of rotatable bonds is 4. The highest BCUT2D eigenvalue weighted by molar-refractivity contribution is 5.31. The normalized spacial score (nSPS) is 18.6. The molecule has 3 rings (SSSR count). The summed E-state index contributed by atoms with van der Waals surface area (Å²) in [7, 11) is 2.09. The number of likely N-dealkylation sites (tertiary alicyclic amines) is 1. The topological polar surface area (TPSA) is 45.2 Å². The van der Waals surface area contributed by atoms with Gasteiger partial charge in [0.1, 0.15) is 0 Å². The minimum atomic E-state index is 0.464. The fourth-order valence-corrected chi connectivity index (χ4v) is 2.94. The van der Waals surface area contributed by atoms with Crippen LogP contribution in [0.5, 0.6) is 0 Å². The molecule has 0 spiro atoms. The lowest BCUT2D eigenvalue weighted by Gasteiger charge is -2.25. The first-order valence-electron chi connectivity index (χ1n) is 7.79. The monoisotopic (exact) mass is 297 g/mol.